The average Bonchev–Trinajstić information content (AvgIpc) is 2.68. The first kappa shape index (κ1) is 17.5. The van der Waals surface area contributed by atoms with Crippen molar-refractivity contribution >= 4 is 17.4 Å². The lowest BCUT2D eigenvalue weighted by Gasteiger charge is -2.13. The number of hydrogen-bond acceptors (Lipinski definition) is 5. The number of nitrogens with one attached hydrogen (secondary N) is 2. The van der Waals surface area contributed by atoms with E-state index in [1.807, 2.05) is 30.3 Å². The molecule has 26 heavy (non-hydrogen) atoms. The minimum absolute atomic E-state index is 0.268. The Morgan fingerprint density at radius 1 is 1.04 bits per heavy atom. The molecule has 3 aromatic rings. The summed E-state index contributed by atoms with van der Waals surface area (Å²) in [6, 6.07) is 15.2. The fourth-order valence-electron chi connectivity index (χ4n) is 2.55. The zero-order valence-electron chi connectivity index (χ0n) is 14.8. The van der Waals surface area contributed by atoms with Crippen molar-refractivity contribution in [1.82, 2.24) is 20.5 Å². The van der Waals surface area contributed by atoms with Gasteiger partial charge in [0, 0.05) is 24.6 Å². The standard InChI is InChI=1S/C20H21N5O/c1-14(2)16-7-3-4-8-17(16)23-19-10-9-18(24-25-19)20(26)22-13-15-6-5-11-21-12-15/h3-12,14H,13H2,1-2H3,(H,22,26)(H,23,25). The van der Waals surface area contributed by atoms with Crippen molar-refractivity contribution in [2.24, 2.45) is 0 Å². The Bertz CT molecular complexity index is 863. The molecule has 0 unspecified atom stereocenters. The van der Waals surface area contributed by atoms with Gasteiger partial charge in [-0.1, -0.05) is 38.1 Å². The quantitative estimate of drug-likeness (QED) is 0.711. The van der Waals surface area contributed by atoms with Crippen LogP contribution in [0.1, 0.15) is 41.4 Å². The van der Waals surface area contributed by atoms with Crippen LogP contribution < -0.4 is 10.6 Å². The highest BCUT2D eigenvalue weighted by atomic mass is 16.1. The molecular weight excluding hydrogens is 326 g/mol. The molecule has 0 radical (unpaired) electrons. The summed E-state index contributed by atoms with van der Waals surface area (Å²) in [6.07, 6.45) is 3.41. The van der Waals surface area contributed by atoms with E-state index in [-0.39, 0.29) is 11.6 Å². The normalized spacial score (nSPS) is 10.6. The van der Waals surface area contributed by atoms with E-state index in [1.54, 1.807) is 24.5 Å². The van der Waals surface area contributed by atoms with Crippen LogP contribution in [0.15, 0.2) is 60.9 Å². The molecule has 0 aliphatic rings. The molecule has 0 fully saturated rings. The number of pyridine rings is 1. The van der Waals surface area contributed by atoms with Gasteiger partial charge in [-0.25, -0.2) is 0 Å². The van der Waals surface area contributed by atoms with Crippen LogP contribution in [0.2, 0.25) is 0 Å². The van der Waals surface area contributed by atoms with E-state index < -0.39 is 0 Å². The Hall–Kier alpha value is -3.28. The molecular formula is C20H21N5O. The second-order valence-corrected chi connectivity index (χ2v) is 6.21. The van der Waals surface area contributed by atoms with Gasteiger partial charge in [0.15, 0.2) is 11.5 Å². The maximum Gasteiger partial charge on any atom is 0.272 e. The molecule has 6 heteroatoms. The van der Waals surface area contributed by atoms with Crippen molar-refractivity contribution in [2.75, 3.05) is 5.32 Å². The highest BCUT2D eigenvalue weighted by molar-refractivity contribution is 5.92. The molecule has 6 nitrogen and oxygen atoms in total. The number of carbonyl (C=O) groups is 1. The highest BCUT2D eigenvalue weighted by Crippen LogP contribution is 2.25. The first-order chi connectivity index (χ1) is 12.6. The highest BCUT2D eigenvalue weighted by Gasteiger charge is 2.10. The SMILES string of the molecule is CC(C)c1ccccc1Nc1ccc(C(=O)NCc2cccnc2)nn1. The van der Waals surface area contributed by atoms with Crippen molar-refractivity contribution in [3.05, 3.63) is 77.7 Å². The van der Waals surface area contributed by atoms with Crippen molar-refractivity contribution in [1.29, 1.82) is 0 Å². The van der Waals surface area contributed by atoms with Crippen LogP contribution in [0.3, 0.4) is 0 Å². The van der Waals surface area contributed by atoms with Crippen molar-refractivity contribution in [3.8, 4) is 0 Å². The van der Waals surface area contributed by atoms with Crippen LogP contribution >= 0.6 is 0 Å². The third-order valence-corrected chi connectivity index (χ3v) is 3.92. The summed E-state index contributed by atoms with van der Waals surface area (Å²) in [6.45, 7) is 4.68. The van der Waals surface area contributed by atoms with Crippen LogP contribution in [0.4, 0.5) is 11.5 Å². The van der Waals surface area contributed by atoms with Crippen LogP contribution in [-0.2, 0) is 6.54 Å². The predicted octanol–water partition coefficient (Wildman–Crippen LogP) is 3.67. The average molecular weight is 347 g/mol. The molecule has 0 saturated carbocycles. The van der Waals surface area contributed by atoms with Crippen molar-refractivity contribution in [2.45, 2.75) is 26.3 Å². The second kappa shape index (κ2) is 8.20. The number of benzene rings is 1. The number of aromatic nitrogens is 3. The Labute approximate surface area is 152 Å². The lowest BCUT2D eigenvalue weighted by Crippen LogP contribution is -2.24. The lowest BCUT2D eigenvalue weighted by atomic mass is 10.0. The number of hydrogen-bond donors (Lipinski definition) is 2. The molecule has 2 heterocycles. The summed E-state index contributed by atoms with van der Waals surface area (Å²) in [7, 11) is 0. The Morgan fingerprint density at radius 3 is 2.58 bits per heavy atom. The largest absolute Gasteiger partial charge is 0.347 e. The van der Waals surface area contributed by atoms with Gasteiger partial charge in [-0.2, -0.15) is 0 Å². The molecule has 2 N–H and O–H groups in total. The van der Waals surface area contributed by atoms with Crippen molar-refractivity contribution < 1.29 is 4.79 Å². The first-order valence-corrected chi connectivity index (χ1v) is 8.50. The zero-order chi connectivity index (χ0) is 18.4. The number of carbonyl (C=O) groups excluding carboxylic acids is 1. The summed E-state index contributed by atoms with van der Waals surface area (Å²) in [4.78, 5) is 16.2. The molecule has 132 valence electrons. The monoisotopic (exact) mass is 347 g/mol. The molecule has 0 saturated heterocycles. The summed E-state index contributed by atoms with van der Waals surface area (Å²) in [5.41, 5.74) is 3.40. The van der Waals surface area contributed by atoms with Crippen molar-refractivity contribution in [3.63, 3.8) is 0 Å². The zero-order valence-corrected chi connectivity index (χ0v) is 14.8. The van der Waals surface area contributed by atoms with Gasteiger partial charge in [0.25, 0.3) is 5.91 Å². The molecule has 2 aromatic heterocycles. The maximum absolute atomic E-state index is 12.2. The number of nitrogens with zero attached hydrogens (tertiary/aromatic N) is 3. The summed E-state index contributed by atoms with van der Waals surface area (Å²) in [5, 5.41) is 14.2. The first-order valence-electron chi connectivity index (χ1n) is 8.50. The van der Waals surface area contributed by atoms with Crippen LogP contribution in [0.5, 0.6) is 0 Å². The van der Waals surface area contributed by atoms with Gasteiger partial charge in [0.2, 0.25) is 0 Å². The van der Waals surface area contributed by atoms with Gasteiger partial charge >= 0.3 is 0 Å². The molecule has 0 aliphatic heterocycles. The third-order valence-electron chi connectivity index (χ3n) is 3.92. The maximum atomic E-state index is 12.2. The molecule has 0 bridgehead atoms. The molecule has 1 aromatic carbocycles. The second-order valence-electron chi connectivity index (χ2n) is 6.21. The molecule has 1 amide bonds. The summed E-state index contributed by atoms with van der Waals surface area (Å²) >= 11 is 0. The molecule has 3 rings (SSSR count). The molecule has 0 spiro atoms. The number of para-hydroxylation sites is 1. The fourth-order valence-corrected chi connectivity index (χ4v) is 2.55. The lowest BCUT2D eigenvalue weighted by molar-refractivity contribution is 0.0945. The van der Waals surface area contributed by atoms with E-state index in [4.69, 9.17) is 0 Å². The van der Waals surface area contributed by atoms with Gasteiger partial charge in [0.05, 0.1) is 0 Å². The third kappa shape index (κ3) is 4.42. The number of rotatable bonds is 6. The molecule has 0 aliphatic carbocycles. The summed E-state index contributed by atoms with van der Waals surface area (Å²) < 4.78 is 0. The fraction of sp³-hybridized carbons (Fsp3) is 0.200. The van der Waals surface area contributed by atoms with Crippen LogP contribution in [0, 0.1) is 0 Å². The molecule has 0 atom stereocenters. The Balaban J connectivity index is 1.64. The van der Waals surface area contributed by atoms with Gasteiger partial charge in [0.1, 0.15) is 0 Å². The van der Waals surface area contributed by atoms with Gasteiger partial charge in [-0.3, -0.25) is 9.78 Å². The van der Waals surface area contributed by atoms with E-state index in [1.165, 1.54) is 5.56 Å². The van der Waals surface area contributed by atoms with Crippen LogP contribution in [-0.4, -0.2) is 21.1 Å². The number of amides is 1. The smallest absolute Gasteiger partial charge is 0.272 e. The topological polar surface area (TPSA) is 79.8 Å². The Kier molecular flexibility index (Phi) is 5.53. The minimum atomic E-state index is -0.268. The minimum Gasteiger partial charge on any atom is -0.347 e. The van der Waals surface area contributed by atoms with E-state index in [0.717, 1.165) is 11.3 Å². The van der Waals surface area contributed by atoms with E-state index in [9.17, 15) is 4.79 Å². The van der Waals surface area contributed by atoms with Gasteiger partial charge in [-0.05, 0) is 41.3 Å². The predicted molar refractivity (Wildman–Crippen MR) is 101 cm³/mol. The number of anilines is 2. The van der Waals surface area contributed by atoms with E-state index in [2.05, 4.69) is 45.7 Å². The van der Waals surface area contributed by atoms with E-state index >= 15 is 0 Å². The van der Waals surface area contributed by atoms with Gasteiger partial charge in [-0.15, -0.1) is 10.2 Å². The van der Waals surface area contributed by atoms with Crippen LogP contribution in [0.25, 0.3) is 0 Å². The van der Waals surface area contributed by atoms with E-state index in [0.29, 0.717) is 18.3 Å². The van der Waals surface area contributed by atoms with Gasteiger partial charge < -0.3 is 10.6 Å². The Morgan fingerprint density at radius 2 is 1.88 bits per heavy atom. The summed E-state index contributed by atoms with van der Waals surface area (Å²) in [5.74, 6) is 0.724.